The van der Waals surface area contributed by atoms with Gasteiger partial charge in [-0.1, -0.05) is 47.5 Å². The third-order valence-corrected chi connectivity index (χ3v) is 10.8. The van der Waals surface area contributed by atoms with Crippen molar-refractivity contribution >= 4 is 31.6 Å². The summed E-state index contributed by atoms with van der Waals surface area (Å²) in [4.78, 5) is 2.49. The minimum atomic E-state index is -3.80. The van der Waals surface area contributed by atoms with Gasteiger partial charge in [-0.3, -0.25) is 0 Å². The van der Waals surface area contributed by atoms with Crippen molar-refractivity contribution in [2.45, 2.75) is 62.2 Å². The van der Waals surface area contributed by atoms with Gasteiger partial charge in [0.2, 0.25) is 0 Å². The highest BCUT2D eigenvalue weighted by Crippen LogP contribution is 2.35. The highest BCUT2D eigenvalue weighted by molar-refractivity contribution is 7.87. The van der Waals surface area contributed by atoms with Gasteiger partial charge < -0.3 is 23.3 Å². The summed E-state index contributed by atoms with van der Waals surface area (Å²) in [6.45, 7) is 7.71. The van der Waals surface area contributed by atoms with Gasteiger partial charge in [0, 0.05) is 55.9 Å². The number of benzene rings is 4. The Morgan fingerprint density at radius 1 is 0.646 bits per heavy atom. The summed E-state index contributed by atoms with van der Waals surface area (Å²) in [5, 5.41) is 3.26. The van der Waals surface area contributed by atoms with E-state index in [9.17, 15) is 16.8 Å². The molecule has 0 unspecified atom stereocenters. The van der Waals surface area contributed by atoms with Gasteiger partial charge in [-0.25, -0.2) is 0 Å². The topological polar surface area (TPSA) is 111 Å². The minimum absolute atomic E-state index is 0.175. The fourth-order valence-corrected chi connectivity index (χ4v) is 7.58. The second-order valence-corrected chi connectivity index (χ2v) is 15.2. The smallest absolute Gasteiger partial charge is 0.339 e. The molecule has 4 aromatic rings. The average molecular weight is 693 g/mol. The van der Waals surface area contributed by atoms with E-state index >= 15 is 0 Å². The van der Waals surface area contributed by atoms with Crippen LogP contribution in [-0.4, -0.2) is 50.2 Å². The van der Waals surface area contributed by atoms with Gasteiger partial charge in [0.15, 0.2) is 0 Å². The third-order valence-electron chi connectivity index (χ3n) is 8.34. The van der Waals surface area contributed by atoms with Crippen LogP contribution in [0, 0.1) is 13.8 Å². The molecule has 1 fully saturated rings. The number of hydrogen-bond acceptors (Lipinski definition) is 9. The van der Waals surface area contributed by atoms with Gasteiger partial charge in [0.1, 0.15) is 21.3 Å². The number of ether oxygens (including phenoxy) is 1. The van der Waals surface area contributed by atoms with Crippen LogP contribution < -0.4 is 18.6 Å². The fraction of sp³-hybridized carbons (Fsp3) is 0.351. The normalized spacial score (nSPS) is 15.4. The molecule has 3 heterocycles. The fourth-order valence-electron chi connectivity index (χ4n) is 5.66. The molecule has 0 amide bonds. The van der Waals surface area contributed by atoms with Crippen molar-refractivity contribution in [1.82, 2.24) is 0 Å². The molecule has 1 saturated heterocycles. The van der Waals surface area contributed by atoms with Crippen LogP contribution in [0.1, 0.15) is 47.9 Å². The van der Waals surface area contributed by atoms with E-state index in [0.717, 1.165) is 85.6 Å². The average Bonchev–Trinajstić information content (AvgIpc) is 3.67. The molecular weight excluding hydrogens is 649 g/mol. The maximum absolute atomic E-state index is 12.4. The van der Waals surface area contributed by atoms with E-state index in [1.54, 1.807) is 66.7 Å². The lowest BCUT2D eigenvalue weighted by molar-refractivity contribution is 0.198. The predicted octanol–water partition coefficient (Wildman–Crippen LogP) is 7.06. The van der Waals surface area contributed by atoms with Crippen molar-refractivity contribution in [3.63, 3.8) is 0 Å². The Labute approximate surface area is 285 Å². The van der Waals surface area contributed by atoms with E-state index in [0.29, 0.717) is 11.5 Å². The van der Waals surface area contributed by atoms with Crippen molar-refractivity contribution in [2.24, 2.45) is 0 Å². The summed E-state index contributed by atoms with van der Waals surface area (Å²) in [5.41, 5.74) is 5.92. The Morgan fingerprint density at radius 2 is 1.17 bits per heavy atom. The van der Waals surface area contributed by atoms with E-state index in [1.807, 2.05) is 39.1 Å². The van der Waals surface area contributed by atoms with Crippen LogP contribution in [0.4, 0.5) is 11.4 Å². The lowest BCUT2D eigenvalue weighted by atomic mass is 10.0. The number of nitrogens with one attached hydrogen (secondary N) is 1. The SMILES string of the molecule is C1CCOC1.Cc1ccc(S(=O)(=O)Oc2cccc3c2CCCN3)cc1.Cc1ccc(S(=O)(=O)Oc2cccc3c2CCCN3C)cc1. The van der Waals surface area contributed by atoms with E-state index < -0.39 is 20.2 Å². The molecule has 4 aromatic carbocycles. The molecule has 0 saturated carbocycles. The second kappa shape index (κ2) is 15.9. The second-order valence-electron chi connectivity index (χ2n) is 12.1. The Bertz CT molecular complexity index is 1880. The van der Waals surface area contributed by atoms with Crippen LogP contribution in [0.2, 0.25) is 0 Å². The largest absolute Gasteiger partial charge is 0.385 e. The van der Waals surface area contributed by atoms with Gasteiger partial charge in [-0.05, 0) is 101 Å². The minimum Gasteiger partial charge on any atom is -0.385 e. The highest BCUT2D eigenvalue weighted by Gasteiger charge is 2.23. The van der Waals surface area contributed by atoms with E-state index in [4.69, 9.17) is 13.1 Å². The number of nitrogens with zero attached hydrogens (tertiary/aromatic N) is 1. The summed E-state index contributed by atoms with van der Waals surface area (Å²) in [6, 6.07) is 24.4. The van der Waals surface area contributed by atoms with Crippen LogP contribution >= 0.6 is 0 Å². The number of hydrogen-bond donors (Lipinski definition) is 1. The van der Waals surface area contributed by atoms with Gasteiger partial charge >= 0.3 is 20.2 Å². The Kier molecular flexibility index (Phi) is 11.7. The van der Waals surface area contributed by atoms with E-state index in [2.05, 4.69) is 10.2 Å². The quantitative estimate of drug-likeness (QED) is 0.212. The van der Waals surface area contributed by atoms with Crippen LogP contribution in [0.3, 0.4) is 0 Å². The van der Waals surface area contributed by atoms with Crippen molar-refractivity contribution in [2.75, 3.05) is 43.6 Å². The monoisotopic (exact) mass is 692 g/mol. The van der Waals surface area contributed by atoms with Crippen molar-refractivity contribution < 1.29 is 29.9 Å². The first-order valence-corrected chi connectivity index (χ1v) is 19.1. The van der Waals surface area contributed by atoms with Crippen LogP contribution in [0.15, 0.2) is 94.7 Å². The predicted molar refractivity (Wildman–Crippen MR) is 189 cm³/mol. The summed E-state index contributed by atoms with van der Waals surface area (Å²) in [6.07, 6.45) is 6.17. The van der Waals surface area contributed by atoms with Crippen molar-refractivity contribution in [1.29, 1.82) is 0 Å². The Hall–Kier alpha value is -4.06. The number of rotatable bonds is 6. The molecule has 3 aliphatic heterocycles. The summed E-state index contributed by atoms with van der Waals surface area (Å²) in [5.74, 6) is 0.852. The molecule has 0 aromatic heterocycles. The van der Waals surface area contributed by atoms with Gasteiger partial charge in [-0.2, -0.15) is 16.8 Å². The molecule has 1 N–H and O–H groups in total. The Morgan fingerprint density at radius 3 is 1.71 bits per heavy atom. The summed E-state index contributed by atoms with van der Waals surface area (Å²) >= 11 is 0. The molecule has 3 aliphatic rings. The van der Waals surface area contributed by atoms with E-state index in [1.165, 1.54) is 12.8 Å². The van der Waals surface area contributed by atoms with Crippen LogP contribution in [-0.2, 0) is 37.8 Å². The summed E-state index contributed by atoms with van der Waals surface area (Å²) < 4.78 is 65.3. The van der Waals surface area contributed by atoms with Crippen molar-refractivity contribution in [3.05, 3.63) is 107 Å². The summed E-state index contributed by atoms with van der Waals surface area (Å²) in [7, 11) is -5.58. The highest BCUT2D eigenvalue weighted by atomic mass is 32.2. The zero-order valence-electron chi connectivity index (χ0n) is 27.8. The zero-order chi connectivity index (χ0) is 34.1. The molecular formula is C37H44N2O7S2. The molecule has 7 rings (SSSR count). The van der Waals surface area contributed by atoms with Crippen LogP contribution in [0.5, 0.6) is 11.5 Å². The first-order valence-electron chi connectivity index (χ1n) is 16.3. The van der Waals surface area contributed by atoms with Gasteiger partial charge in [0.05, 0.1) is 0 Å². The maximum atomic E-state index is 12.4. The van der Waals surface area contributed by atoms with Crippen LogP contribution in [0.25, 0.3) is 0 Å². The lowest BCUT2D eigenvalue weighted by Crippen LogP contribution is -2.25. The first-order chi connectivity index (χ1) is 23.0. The third kappa shape index (κ3) is 9.09. The molecule has 0 bridgehead atoms. The van der Waals surface area contributed by atoms with E-state index in [-0.39, 0.29) is 9.79 Å². The molecule has 0 spiro atoms. The zero-order valence-corrected chi connectivity index (χ0v) is 29.4. The van der Waals surface area contributed by atoms with Crippen molar-refractivity contribution in [3.8, 4) is 11.5 Å². The van der Waals surface area contributed by atoms with Gasteiger partial charge in [0.25, 0.3) is 0 Å². The molecule has 9 nitrogen and oxygen atoms in total. The molecule has 0 aliphatic carbocycles. The first kappa shape index (κ1) is 35.3. The standard InChI is InChI=1S/C17H19NO3S.C16H17NO3S.C4H8O/c1-13-8-10-14(11-9-13)22(19,20)21-17-7-3-6-16-15(17)5-4-12-18(16)2;1-12-7-9-13(10-8-12)21(18,19)20-16-6-2-5-15-14(16)4-3-11-17-15;1-2-4-5-3-1/h3,6-11H,4-5,12H2,1-2H3;2,5-10,17H,3-4,11H2,1H3;1-4H2. The maximum Gasteiger partial charge on any atom is 0.339 e. The number of fused-ring (bicyclic) bond motifs is 2. The molecule has 256 valence electrons. The number of anilines is 2. The number of aryl methyl sites for hydroxylation is 2. The molecule has 11 heteroatoms. The Balaban J connectivity index is 0.000000164. The lowest BCUT2D eigenvalue weighted by Gasteiger charge is -2.28. The molecule has 0 atom stereocenters. The molecule has 48 heavy (non-hydrogen) atoms. The molecule has 0 radical (unpaired) electrons. The van der Waals surface area contributed by atoms with Gasteiger partial charge in [-0.15, -0.1) is 0 Å².